The molecule has 2 aromatic carbocycles. The van der Waals surface area contributed by atoms with Crippen molar-refractivity contribution in [2.45, 2.75) is 20.5 Å². The molecule has 0 radical (unpaired) electrons. The minimum Gasteiger partial charge on any atom is -0.483 e. The standard InChI is InChI=1S/C18H21NO3/c1-13-6-4-7-14(2)18(13)22-12-17(20)19-16-9-5-8-15(10-16)11-21-3/h4-10H,11-12H2,1-3H3,(H,19,20). The van der Waals surface area contributed by atoms with Gasteiger partial charge in [0.1, 0.15) is 5.75 Å². The lowest BCUT2D eigenvalue weighted by molar-refractivity contribution is -0.118. The quantitative estimate of drug-likeness (QED) is 0.888. The van der Waals surface area contributed by atoms with Gasteiger partial charge in [0, 0.05) is 12.8 Å². The summed E-state index contributed by atoms with van der Waals surface area (Å²) in [5, 5.41) is 2.83. The van der Waals surface area contributed by atoms with Gasteiger partial charge in [-0.3, -0.25) is 4.79 Å². The average molecular weight is 299 g/mol. The first-order chi connectivity index (χ1) is 10.6. The molecule has 0 bridgehead atoms. The molecular weight excluding hydrogens is 278 g/mol. The van der Waals surface area contributed by atoms with Crippen LogP contribution in [0.15, 0.2) is 42.5 Å². The maximum absolute atomic E-state index is 12.0. The van der Waals surface area contributed by atoms with E-state index in [0.29, 0.717) is 6.61 Å². The summed E-state index contributed by atoms with van der Waals surface area (Å²) < 4.78 is 10.7. The Bertz CT molecular complexity index is 632. The molecule has 0 aromatic heterocycles. The minimum atomic E-state index is -0.183. The van der Waals surface area contributed by atoms with Crippen molar-refractivity contribution in [2.24, 2.45) is 0 Å². The van der Waals surface area contributed by atoms with Gasteiger partial charge in [0.25, 0.3) is 5.91 Å². The summed E-state index contributed by atoms with van der Waals surface area (Å²) in [4.78, 5) is 12.0. The number of hydrogen-bond acceptors (Lipinski definition) is 3. The summed E-state index contributed by atoms with van der Waals surface area (Å²) in [5.74, 6) is 0.586. The number of hydrogen-bond donors (Lipinski definition) is 1. The molecule has 22 heavy (non-hydrogen) atoms. The zero-order chi connectivity index (χ0) is 15.9. The van der Waals surface area contributed by atoms with E-state index in [0.717, 1.165) is 28.1 Å². The van der Waals surface area contributed by atoms with Crippen molar-refractivity contribution in [3.8, 4) is 5.75 Å². The van der Waals surface area contributed by atoms with Crippen LogP contribution in [-0.2, 0) is 16.1 Å². The lowest BCUT2D eigenvalue weighted by Gasteiger charge is -2.12. The first-order valence-corrected chi connectivity index (χ1v) is 7.17. The van der Waals surface area contributed by atoms with Crippen LogP contribution in [0.5, 0.6) is 5.75 Å². The van der Waals surface area contributed by atoms with Crippen molar-refractivity contribution in [2.75, 3.05) is 19.0 Å². The molecular formula is C18H21NO3. The van der Waals surface area contributed by atoms with Gasteiger partial charge >= 0.3 is 0 Å². The van der Waals surface area contributed by atoms with Crippen molar-refractivity contribution in [1.29, 1.82) is 0 Å². The molecule has 0 heterocycles. The highest BCUT2D eigenvalue weighted by molar-refractivity contribution is 5.91. The number of methoxy groups -OCH3 is 1. The Morgan fingerprint density at radius 2 is 1.77 bits per heavy atom. The number of ether oxygens (including phenoxy) is 2. The summed E-state index contributed by atoms with van der Waals surface area (Å²) in [7, 11) is 1.64. The fourth-order valence-corrected chi connectivity index (χ4v) is 2.27. The molecule has 1 amide bonds. The van der Waals surface area contributed by atoms with Gasteiger partial charge in [-0.05, 0) is 42.7 Å². The first-order valence-electron chi connectivity index (χ1n) is 7.17. The highest BCUT2D eigenvalue weighted by Crippen LogP contribution is 2.22. The SMILES string of the molecule is COCc1cccc(NC(=O)COc2c(C)cccc2C)c1. The monoisotopic (exact) mass is 299 g/mol. The summed E-state index contributed by atoms with van der Waals surface area (Å²) in [6.07, 6.45) is 0. The molecule has 116 valence electrons. The van der Waals surface area contributed by atoms with E-state index in [-0.39, 0.29) is 12.5 Å². The number of benzene rings is 2. The molecule has 0 aliphatic heterocycles. The smallest absolute Gasteiger partial charge is 0.262 e. The zero-order valence-corrected chi connectivity index (χ0v) is 13.2. The third kappa shape index (κ3) is 4.33. The van der Waals surface area contributed by atoms with E-state index >= 15 is 0 Å². The van der Waals surface area contributed by atoms with E-state index < -0.39 is 0 Å². The van der Waals surface area contributed by atoms with Crippen LogP contribution in [0.25, 0.3) is 0 Å². The summed E-state index contributed by atoms with van der Waals surface area (Å²) in [6, 6.07) is 13.5. The number of rotatable bonds is 6. The minimum absolute atomic E-state index is 0.0137. The molecule has 0 fully saturated rings. The molecule has 0 saturated carbocycles. The van der Waals surface area contributed by atoms with Gasteiger partial charge in [0.2, 0.25) is 0 Å². The second-order valence-corrected chi connectivity index (χ2v) is 5.19. The number of para-hydroxylation sites is 1. The van der Waals surface area contributed by atoms with Gasteiger partial charge in [-0.1, -0.05) is 30.3 Å². The van der Waals surface area contributed by atoms with Crippen LogP contribution in [0, 0.1) is 13.8 Å². The summed E-state index contributed by atoms with van der Waals surface area (Å²) in [5.41, 5.74) is 3.80. The largest absolute Gasteiger partial charge is 0.483 e. The van der Waals surface area contributed by atoms with Crippen LogP contribution >= 0.6 is 0 Å². The summed E-state index contributed by atoms with van der Waals surface area (Å²) >= 11 is 0. The Kier molecular flexibility index (Phi) is 5.55. The Hall–Kier alpha value is -2.33. The molecule has 0 spiro atoms. The molecule has 2 rings (SSSR count). The Balaban J connectivity index is 1.94. The maximum atomic E-state index is 12.0. The molecule has 1 N–H and O–H groups in total. The lowest BCUT2D eigenvalue weighted by atomic mass is 10.1. The molecule has 2 aromatic rings. The molecule has 0 aliphatic carbocycles. The van der Waals surface area contributed by atoms with E-state index in [1.807, 2.05) is 56.3 Å². The van der Waals surface area contributed by atoms with Gasteiger partial charge in [0.15, 0.2) is 6.61 Å². The van der Waals surface area contributed by atoms with E-state index in [9.17, 15) is 4.79 Å². The first kappa shape index (κ1) is 16.0. The van der Waals surface area contributed by atoms with Crippen molar-refractivity contribution < 1.29 is 14.3 Å². The Morgan fingerprint density at radius 3 is 2.45 bits per heavy atom. The van der Waals surface area contributed by atoms with E-state index in [4.69, 9.17) is 9.47 Å². The molecule has 0 unspecified atom stereocenters. The van der Waals surface area contributed by atoms with Crippen molar-refractivity contribution >= 4 is 11.6 Å². The molecule has 4 heteroatoms. The average Bonchev–Trinajstić information content (AvgIpc) is 2.47. The van der Waals surface area contributed by atoms with Gasteiger partial charge < -0.3 is 14.8 Å². The van der Waals surface area contributed by atoms with Crippen LogP contribution in [0.2, 0.25) is 0 Å². The maximum Gasteiger partial charge on any atom is 0.262 e. The van der Waals surface area contributed by atoms with Crippen LogP contribution in [0.4, 0.5) is 5.69 Å². The molecule has 0 atom stereocenters. The van der Waals surface area contributed by atoms with E-state index in [1.54, 1.807) is 7.11 Å². The highest BCUT2D eigenvalue weighted by atomic mass is 16.5. The van der Waals surface area contributed by atoms with Crippen LogP contribution in [-0.4, -0.2) is 19.6 Å². The third-order valence-electron chi connectivity index (χ3n) is 3.28. The van der Waals surface area contributed by atoms with Crippen LogP contribution < -0.4 is 10.1 Å². The van der Waals surface area contributed by atoms with Crippen LogP contribution in [0.1, 0.15) is 16.7 Å². The van der Waals surface area contributed by atoms with Crippen molar-refractivity contribution in [3.63, 3.8) is 0 Å². The number of amides is 1. The molecule has 0 aliphatic rings. The number of nitrogens with one attached hydrogen (secondary N) is 1. The van der Waals surface area contributed by atoms with Gasteiger partial charge in [-0.2, -0.15) is 0 Å². The topological polar surface area (TPSA) is 47.6 Å². The van der Waals surface area contributed by atoms with E-state index in [2.05, 4.69) is 5.32 Å². The molecule has 0 saturated heterocycles. The van der Waals surface area contributed by atoms with Crippen molar-refractivity contribution in [1.82, 2.24) is 0 Å². The van der Waals surface area contributed by atoms with E-state index in [1.165, 1.54) is 0 Å². The lowest BCUT2D eigenvalue weighted by Crippen LogP contribution is -2.20. The number of anilines is 1. The fraction of sp³-hybridized carbons (Fsp3) is 0.278. The predicted octanol–water partition coefficient (Wildman–Crippen LogP) is 3.47. The van der Waals surface area contributed by atoms with Gasteiger partial charge in [-0.15, -0.1) is 0 Å². The third-order valence-corrected chi connectivity index (χ3v) is 3.28. The highest BCUT2D eigenvalue weighted by Gasteiger charge is 2.08. The normalized spacial score (nSPS) is 10.3. The molecule has 4 nitrogen and oxygen atoms in total. The summed E-state index contributed by atoms with van der Waals surface area (Å²) in [6.45, 7) is 4.44. The van der Waals surface area contributed by atoms with Crippen LogP contribution in [0.3, 0.4) is 0 Å². The number of carbonyl (C=O) groups excluding carboxylic acids is 1. The fourth-order valence-electron chi connectivity index (χ4n) is 2.27. The van der Waals surface area contributed by atoms with Crippen molar-refractivity contribution in [3.05, 3.63) is 59.2 Å². The van der Waals surface area contributed by atoms with Gasteiger partial charge in [0.05, 0.1) is 6.61 Å². The number of aryl methyl sites for hydroxylation is 2. The second-order valence-electron chi connectivity index (χ2n) is 5.19. The number of carbonyl (C=O) groups is 1. The van der Waals surface area contributed by atoms with Gasteiger partial charge in [-0.25, -0.2) is 0 Å². The Morgan fingerprint density at radius 1 is 1.09 bits per heavy atom. The zero-order valence-electron chi connectivity index (χ0n) is 13.2. The predicted molar refractivity (Wildman–Crippen MR) is 87.2 cm³/mol. The second kappa shape index (κ2) is 7.61. The Labute approximate surface area is 131 Å².